The predicted molar refractivity (Wildman–Crippen MR) is 75.5 cm³/mol. The summed E-state index contributed by atoms with van der Waals surface area (Å²) in [5.41, 5.74) is 0. The molecule has 0 aromatic carbocycles. The highest BCUT2D eigenvalue weighted by atomic mass is 15.2. The van der Waals surface area contributed by atoms with Crippen LogP contribution in [-0.2, 0) is 0 Å². The van der Waals surface area contributed by atoms with Crippen molar-refractivity contribution in [1.29, 1.82) is 0 Å². The zero-order chi connectivity index (χ0) is 12.8. The van der Waals surface area contributed by atoms with Crippen LogP contribution < -0.4 is 5.32 Å². The largest absolute Gasteiger partial charge is 0.310 e. The summed E-state index contributed by atoms with van der Waals surface area (Å²) in [6, 6.07) is 2.02. The average molecular weight is 241 g/mol. The summed E-state index contributed by atoms with van der Waals surface area (Å²) < 4.78 is 0. The molecule has 1 N–H and O–H groups in total. The molecule has 1 aliphatic rings. The molecule has 1 heterocycles. The molecule has 0 aliphatic carbocycles. The maximum Gasteiger partial charge on any atom is 0.0169 e. The quantitative estimate of drug-likeness (QED) is 0.792. The van der Waals surface area contributed by atoms with Crippen LogP contribution in [0, 0.1) is 0 Å². The maximum absolute atomic E-state index is 3.78. The molecule has 2 unspecified atom stereocenters. The molecule has 3 heteroatoms. The molecule has 0 aromatic rings. The Hall–Kier alpha value is -0.120. The molecule has 1 fully saturated rings. The third-order valence-corrected chi connectivity index (χ3v) is 3.65. The predicted octanol–water partition coefficient (Wildman–Crippen LogP) is 1.79. The molecule has 0 bridgehead atoms. The third kappa shape index (κ3) is 5.84. The monoisotopic (exact) mass is 241 g/mol. The van der Waals surface area contributed by atoms with Gasteiger partial charge in [0.25, 0.3) is 0 Å². The van der Waals surface area contributed by atoms with Gasteiger partial charge in [0, 0.05) is 24.7 Å². The second kappa shape index (κ2) is 7.34. The van der Waals surface area contributed by atoms with E-state index in [9.17, 15) is 0 Å². The third-order valence-electron chi connectivity index (χ3n) is 3.65. The van der Waals surface area contributed by atoms with Crippen LogP contribution in [0.2, 0.25) is 0 Å². The van der Waals surface area contributed by atoms with Crippen molar-refractivity contribution in [2.75, 3.05) is 33.7 Å². The highest BCUT2D eigenvalue weighted by molar-refractivity contribution is 4.79. The van der Waals surface area contributed by atoms with Crippen molar-refractivity contribution in [3.8, 4) is 0 Å². The highest BCUT2D eigenvalue weighted by Gasteiger charge is 2.19. The van der Waals surface area contributed by atoms with Crippen molar-refractivity contribution >= 4 is 0 Å². The Kier molecular flexibility index (Phi) is 6.45. The molecule has 2 atom stereocenters. The van der Waals surface area contributed by atoms with E-state index in [0.717, 1.165) is 6.54 Å². The van der Waals surface area contributed by atoms with Crippen LogP contribution in [0.1, 0.15) is 40.0 Å². The molecule has 1 rings (SSSR count). The van der Waals surface area contributed by atoms with Crippen LogP contribution in [0.4, 0.5) is 0 Å². The maximum atomic E-state index is 3.78. The number of nitrogens with zero attached hydrogens (tertiary/aromatic N) is 2. The lowest BCUT2D eigenvalue weighted by atomic mass is 10.1. The fraction of sp³-hybridized carbons (Fsp3) is 1.00. The number of likely N-dealkylation sites (N-methyl/N-ethyl adjacent to an activating group) is 1. The number of nitrogens with one attached hydrogen (secondary N) is 1. The van der Waals surface area contributed by atoms with Crippen LogP contribution in [0.15, 0.2) is 0 Å². The van der Waals surface area contributed by atoms with Gasteiger partial charge in [-0.25, -0.2) is 0 Å². The molecule has 3 nitrogen and oxygen atoms in total. The summed E-state index contributed by atoms with van der Waals surface area (Å²) >= 11 is 0. The van der Waals surface area contributed by atoms with Gasteiger partial charge in [0.1, 0.15) is 0 Å². The van der Waals surface area contributed by atoms with E-state index >= 15 is 0 Å². The summed E-state index contributed by atoms with van der Waals surface area (Å²) in [6.45, 7) is 10.6. The smallest absolute Gasteiger partial charge is 0.0169 e. The van der Waals surface area contributed by atoms with Gasteiger partial charge in [-0.05, 0) is 67.2 Å². The molecule has 0 saturated carbocycles. The Morgan fingerprint density at radius 2 is 1.88 bits per heavy atom. The van der Waals surface area contributed by atoms with Crippen LogP contribution >= 0.6 is 0 Å². The molecular weight excluding hydrogens is 210 g/mol. The molecular formula is C14H31N3. The fourth-order valence-electron chi connectivity index (χ4n) is 2.80. The number of hydrogen-bond donors (Lipinski definition) is 1. The highest BCUT2D eigenvalue weighted by Crippen LogP contribution is 2.13. The molecule has 17 heavy (non-hydrogen) atoms. The van der Waals surface area contributed by atoms with Crippen molar-refractivity contribution in [3.63, 3.8) is 0 Å². The Morgan fingerprint density at radius 3 is 2.47 bits per heavy atom. The lowest BCUT2D eigenvalue weighted by Crippen LogP contribution is -2.42. The molecule has 0 aromatic heterocycles. The summed E-state index contributed by atoms with van der Waals surface area (Å²) in [5.74, 6) is 0. The van der Waals surface area contributed by atoms with Crippen LogP contribution in [0.25, 0.3) is 0 Å². The summed E-state index contributed by atoms with van der Waals surface area (Å²) in [4.78, 5) is 4.87. The van der Waals surface area contributed by atoms with Gasteiger partial charge >= 0.3 is 0 Å². The number of likely N-dealkylation sites (tertiary alicyclic amines) is 1. The fourth-order valence-corrected chi connectivity index (χ4v) is 2.80. The zero-order valence-electron chi connectivity index (χ0n) is 12.4. The van der Waals surface area contributed by atoms with E-state index < -0.39 is 0 Å². The van der Waals surface area contributed by atoms with E-state index in [-0.39, 0.29) is 0 Å². The average Bonchev–Trinajstić information content (AvgIpc) is 2.41. The Bertz CT molecular complexity index is 204. The van der Waals surface area contributed by atoms with Gasteiger partial charge < -0.3 is 15.1 Å². The van der Waals surface area contributed by atoms with Gasteiger partial charge in [0.2, 0.25) is 0 Å². The summed E-state index contributed by atoms with van der Waals surface area (Å²) in [7, 11) is 4.29. The summed E-state index contributed by atoms with van der Waals surface area (Å²) in [5, 5.41) is 3.78. The first kappa shape index (κ1) is 14.9. The van der Waals surface area contributed by atoms with E-state index in [0.29, 0.717) is 18.1 Å². The molecule has 1 aliphatic heterocycles. The second-order valence-corrected chi connectivity index (χ2v) is 6.09. The Morgan fingerprint density at radius 1 is 1.18 bits per heavy atom. The van der Waals surface area contributed by atoms with Crippen molar-refractivity contribution in [1.82, 2.24) is 15.1 Å². The molecule has 1 saturated heterocycles. The van der Waals surface area contributed by atoms with Gasteiger partial charge in [-0.2, -0.15) is 0 Å². The van der Waals surface area contributed by atoms with Crippen molar-refractivity contribution in [2.24, 2.45) is 0 Å². The Labute approximate surface area is 108 Å². The minimum Gasteiger partial charge on any atom is -0.310 e. The van der Waals surface area contributed by atoms with Gasteiger partial charge in [-0.15, -0.1) is 0 Å². The van der Waals surface area contributed by atoms with E-state index in [1.807, 2.05) is 0 Å². The van der Waals surface area contributed by atoms with Gasteiger partial charge in [-0.3, -0.25) is 0 Å². The van der Waals surface area contributed by atoms with Crippen LogP contribution in [-0.4, -0.2) is 61.7 Å². The number of rotatable bonds is 5. The first-order chi connectivity index (χ1) is 7.99. The molecule has 0 spiro atoms. The standard InChI is InChI=1S/C14H31N3/c1-12(2)17-9-6-7-14(8-10-17)15-13(3)11-16(4)5/h12-15H,6-11H2,1-5H3. The lowest BCUT2D eigenvalue weighted by molar-refractivity contribution is 0.227. The molecule has 102 valence electrons. The van der Waals surface area contributed by atoms with E-state index in [4.69, 9.17) is 0 Å². The molecule has 0 radical (unpaired) electrons. The van der Waals surface area contributed by atoms with E-state index in [2.05, 4.69) is 50.0 Å². The normalized spacial score (nSPS) is 25.2. The molecule has 0 amide bonds. The minimum atomic E-state index is 0.598. The zero-order valence-corrected chi connectivity index (χ0v) is 12.4. The van der Waals surface area contributed by atoms with Crippen LogP contribution in [0.3, 0.4) is 0 Å². The minimum absolute atomic E-state index is 0.598. The SMILES string of the molecule is CC(CN(C)C)NC1CCCN(C(C)C)CC1. The topological polar surface area (TPSA) is 18.5 Å². The van der Waals surface area contributed by atoms with Crippen LogP contribution in [0.5, 0.6) is 0 Å². The van der Waals surface area contributed by atoms with Crippen molar-refractivity contribution in [2.45, 2.75) is 58.2 Å². The van der Waals surface area contributed by atoms with E-state index in [1.54, 1.807) is 0 Å². The van der Waals surface area contributed by atoms with Gasteiger partial charge in [-0.1, -0.05) is 0 Å². The lowest BCUT2D eigenvalue weighted by Gasteiger charge is -2.26. The van der Waals surface area contributed by atoms with E-state index in [1.165, 1.54) is 32.4 Å². The second-order valence-electron chi connectivity index (χ2n) is 6.09. The van der Waals surface area contributed by atoms with Gasteiger partial charge in [0.15, 0.2) is 0 Å². The first-order valence-corrected chi connectivity index (χ1v) is 7.14. The van der Waals surface area contributed by atoms with Gasteiger partial charge in [0.05, 0.1) is 0 Å². The Balaban J connectivity index is 2.31. The number of hydrogen-bond acceptors (Lipinski definition) is 3. The summed E-state index contributed by atoms with van der Waals surface area (Å²) in [6.07, 6.45) is 3.97. The van der Waals surface area contributed by atoms with Crippen molar-refractivity contribution in [3.05, 3.63) is 0 Å². The van der Waals surface area contributed by atoms with Crippen molar-refractivity contribution < 1.29 is 0 Å². The first-order valence-electron chi connectivity index (χ1n) is 7.14.